The predicted octanol–water partition coefficient (Wildman–Crippen LogP) is 5.43. The molecule has 3 aromatic rings. The molecule has 1 heterocycles. The molecule has 1 amide bonds. The highest BCUT2D eigenvalue weighted by Gasteiger charge is 2.16. The van der Waals surface area contributed by atoms with E-state index in [2.05, 4.69) is 15.5 Å². The van der Waals surface area contributed by atoms with Crippen molar-refractivity contribution in [2.45, 2.75) is 17.6 Å². The summed E-state index contributed by atoms with van der Waals surface area (Å²) in [6.45, 7) is 1.22. The Hall–Kier alpha value is -2.26. The number of ether oxygens (including phenoxy) is 1. The fourth-order valence-electron chi connectivity index (χ4n) is 2.31. The second kappa shape index (κ2) is 10.2. The molecule has 30 heavy (non-hydrogen) atoms. The summed E-state index contributed by atoms with van der Waals surface area (Å²) in [5.41, 5.74) is 0.581. The highest BCUT2D eigenvalue weighted by atomic mass is 35.5. The van der Waals surface area contributed by atoms with E-state index in [1.165, 1.54) is 23.9 Å². The van der Waals surface area contributed by atoms with Gasteiger partial charge in [-0.2, -0.15) is 4.98 Å². The third-order valence-electron chi connectivity index (χ3n) is 3.65. The van der Waals surface area contributed by atoms with Crippen molar-refractivity contribution in [3.8, 4) is 0 Å². The molecule has 3 rings (SSSR count). The lowest BCUT2D eigenvalue weighted by molar-refractivity contribution is -0.119. The molecule has 0 aliphatic rings. The molecule has 0 saturated carbocycles. The first kappa shape index (κ1) is 22.4. The van der Waals surface area contributed by atoms with Gasteiger partial charge < -0.3 is 14.6 Å². The Morgan fingerprint density at radius 2 is 1.87 bits per heavy atom. The van der Waals surface area contributed by atoms with Crippen LogP contribution in [0.4, 0.5) is 5.69 Å². The summed E-state index contributed by atoms with van der Waals surface area (Å²) in [6, 6.07) is 9.68. The van der Waals surface area contributed by atoms with Crippen LogP contribution in [0.25, 0.3) is 0 Å². The van der Waals surface area contributed by atoms with E-state index in [1.54, 1.807) is 31.2 Å². The number of hydrogen-bond acceptors (Lipinski definition) is 7. The number of benzene rings is 2. The third kappa shape index (κ3) is 5.89. The van der Waals surface area contributed by atoms with Crippen LogP contribution in [0.2, 0.25) is 15.1 Å². The minimum Gasteiger partial charge on any atom is -0.452 e. The summed E-state index contributed by atoms with van der Waals surface area (Å²) < 4.78 is 10.2. The lowest BCUT2D eigenvalue weighted by Gasteiger charge is -2.10. The second-order valence-electron chi connectivity index (χ2n) is 5.89. The number of esters is 1. The number of halogens is 3. The Kier molecular flexibility index (Phi) is 7.60. The minimum atomic E-state index is -0.643. The van der Waals surface area contributed by atoms with Gasteiger partial charge in [0.25, 0.3) is 5.91 Å². The number of aromatic nitrogens is 2. The lowest BCUT2D eigenvalue weighted by atomic mass is 10.2. The van der Waals surface area contributed by atoms with Crippen LogP contribution in [0.5, 0.6) is 0 Å². The summed E-state index contributed by atoms with van der Waals surface area (Å²) in [5, 5.41) is 6.95. The Morgan fingerprint density at radius 1 is 1.13 bits per heavy atom. The number of carbonyl (C=O) groups is 2. The molecule has 0 spiro atoms. The molecule has 0 aliphatic carbocycles. The molecule has 0 saturated heterocycles. The highest BCUT2D eigenvalue weighted by Crippen LogP contribution is 2.32. The Labute approximate surface area is 191 Å². The predicted molar refractivity (Wildman–Crippen MR) is 115 cm³/mol. The minimum absolute atomic E-state index is 0.210. The van der Waals surface area contributed by atoms with Crippen LogP contribution in [0.15, 0.2) is 45.8 Å². The molecule has 0 unspecified atom stereocenters. The van der Waals surface area contributed by atoms with Gasteiger partial charge in [-0.15, -0.1) is 11.8 Å². The normalized spacial score (nSPS) is 10.7. The maximum absolute atomic E-state index is 12.5. The quantitative estimate of drug-likeness (QED) is 0.270. The van der Waals surface area contributed by atoms with Crippen molar-refractivity contribution >= 4 is 64.1 Å². The topological polar surface area (TPSA) is 94.3 Å². The molecule has 0 atom stereocenters. The summed E-state index contributed by atoms with van der Waals surface area (Å²) in [7, 11) is 0. The zero-order valence-electron chi connectivity index (χ0n) is 15.4. The zero-order chi connectivity index (χ0) is 21.7. The monoisotopic (exact) mass is 485 g/mol. The van der Waals surface area contributed by atoms with Crippen molar-refractivity contribution in [1.82, 2.24) is 10.1 Å². The number of hydrogen-bond donors (Lipinski definition) is 1. The molecular weight excluding hydrogens is 473 g/mol. The summed E-state index contributed by atoms with van der Waals surface area (Å²) in [6.07, 6.45) is 0. The van der Waals surface area contributed by atoms with Crippen molar-refractivity contribution < 1.29 is 18.8 Å². The first-order valence-corrected chi connectivity index (χ1v) is 10.6. The van der Waals surface area contributed by atoms with Crippen LogP contribution < -0.4 is 5.32 Å². The largest absolute Gasteiger partial charge is 0.452 e. The van der Waals surface area contributed by atoms with E-state index >= 15 is 0 Å². The number of nitrogens with one attached hydrogen (secondary N) is 1. The van der Waals surface area contributed by atoms with Crippen LogP contribution in [-0.4, -0.2) is 28.6 Å². The number of carbonyl (C=O) groups excluding carboxylic acids is 2. The first-order valence-electron chi connectivity index (χ1n) is 8.46. The van der Waals surface area contributed by atoms with Gasteiger partial charge in [0.15, 0.2) is 12.4 Å². The van der Waals surface area contributed by atoms with Crippen LogP contribution in [0.1, 0.15) is 22.1 Å². The summed E-state index contributed by atoms with van der Waals surface area (Å²) >= 11 is 19.2. The van der Waals surface area contributed by atoms with Gasteiger partial charge in [-0.25, -0.2) is 4.79 Å². The Balaban J connectivity index is 1.59. The number of rotatable bonds is 7. The Bertz CT molecular complexity index is 1090. The van der Waals surface area contributed by atoms with Crippen LogP contribution in [-0.2, 0) is 15.3 Å². The molecule has 1 aromatic heterocycles. The van der Waals surface area contributed by atoms with Crippen LogP contribution in [0, 0.1) is 6.92 Å². The molecule has 156 valence electrons. The number of nitrogens with zero attached hydrogens (tertiary/aromatic N) is 2. The van der Waals surface area contributed by atoms with Crippen molar-refractivity contribution in [2.75, 3.05) is 11.9 Å². The smallest absolute Gasteiger partial charge is 0.339 e. The maximum atomic E-state index is 12.5. The zero-order valence-corrected chi connectivity index (χ0v) is 18.5. The van der Waals surface area contributed by atoms with E-state index in [-0.39, 0.29) is 20.8 Å². The molecule has 0 bridgehead atoms. The maximum Gasteiger partial charge on any atom is 0.339 e. The average molecular weight is 487 g/mol. The molecular formula is C19H14Cl3N3O4S. The fraction of sp³-hybridized carbons (Fsp3) is 0.158. The van der Waals surface area contributed by atoms with E-state index in [4.69, 9.17) is 44.1 Å². The van der Waals surface area contributed by atoms with Crippen molar-refractivity contribution in [3.05, 3.63) is 68.7 Å². The summed E-state index contributed by atoms with van der Waals surface area (Å²) in [4.78, 5) is 29.4. The molecule has 7 nitrogen and oxygen atoms in total. The second-order valence-corrected chi connectivity index (χ2v) is 8.13. The molecule has 0 fully saturated rings. The number of aryl methyl sites for hydroxylation is 1. The summed E-state index contributed by atoms with van der Waals surface area (Å²) in [5.74, 6) is 0.150. The van der Waals surface area contributed by atoms with E-state index in [0.717, 1.165) is 0 Å². The van der Waals surface area contributed by atoms with Gasteiger partial charge in [0.1, 0.15) is 0 Å². The van der Waals surface area contributed by atoms with Gasteiger partial charge in [0.05, 0.1) is 32.1 Å². The van der Waals surface area contributed by atoms with E-state index in [0.29, 0.717) is 27.9 Å². The number of anilines is 1. The molecule has 2 aromatic carbocycles. The van der Waals surface area contributed by atoms with E-state index < -0.39 is 18.5 Å². The standard InChI is InChI=1S/C19H14Cl3N3O4S/c1-10-23-18(29-25-10)9-30-16-5-3-2-4-11(16)19(27)28-8-17(26)24-15-7-13(21)12(20)6-14(15)22/h2-7H,8-9H2,1H3,(H,24,26). The third-order valence-corrected chi connectivity index (χ3v) is 5.74. The lowest BCUT2D eigenvalue weighted by Crippen LogP contribution is -2.21. The van der Waals surface area contributed by atoms with E-state index in [1.807, 2.05) is 0 Å². The SMILES string of the molecule is Cc1noc(CSc2ccccc2C(=O)OCC(=O)Nc2cc(Cl)c(Cl)cc2Cl)n1. The van der Waals surface area contributed by atoms with Gasteiger partial charge in [0, 0.05) is 4.90 Å². The number of amides is 1. The molecule has 0 radical (unpaired) electrons. The van der Waals surface area contributed by atoms with Crippen molar-refractivity contribution in [3.63, 3.8) is 0 Å². The highest BCUT2D eigenvalue weighted by molar-refractivity contribution is 7.98. The van der Waals surface area contributed by atoms with Gasteiger partial charge in [-0.05, 0) is 31.2 Å². The van der Waals surface area contributed by atoms with Crippen molar-refractivity contribution in [1.29, 1.82) is 0 Å². The molecule has 0 aliphatic heterocycles. The van der Waals surface area contributed by atoms with Gasteiger partial charge in [-0.1, -0.05) is 52.1 Å². The van der Waals surface area contributed by atoms with Crippen LogP contribution in [0.3, 0.4) is 0 Å². The number of thioether (sulfide) groups is 1. The molecule has 1 N–H and O–H groups in total. The van der Waals surface area contributed by atoms with E-state index in [9.17, 15) is 9.59 Å². The van der Waals surface area contributed by atoms with Crippen LogP contribution >= 0.6 is 46.6 Å². The van der Waals surface area contributed by atoms with Gasteiger partial charge in [0.2, 0.25) is 5.89 Å². The first-order chi connectivity index (χ1) is 14.3. The fourth-order valence-corrected chi connectivity index (χ4v) is 3.78. The average Bonchev–Trinajstić information content (AvgIpc) is 3.14. The Morgan fingerprint density at radius 3 is 2.60 bits per heavy atom. The van der Waals surface area contributed by atoms with Gasteiger partial charge in [-0.3, -0.25) is 4.79 Å². The molecule has 11 heteroatoms. The van der Waals surface area contributed by atoms with Gasteiger partial charge >= 0.3 is 5.97 Å². The van der Waals surface area contributed by atoms with Crippen molar-refractivity contribution in [2.24, 2.45) is 0 Å².